The third-order valence-electron chi connectivity index (χ3n) is 6.33. The van der Waals surface area contributed by atoms with Gasteiger partial charge in [0, 0.05) is 17.6 Å². The highest BCUT2D eigenvalue weighted by atomic mass is 35.5. The van der Waals surface area contributed by atoms with Crippen LogP contribution in [0.25, 0.3) is 0 Å². The molecule has 3 aromatic rings. The van der Waals surface area contributed by atoms with Crippen LogP contribution in [0, 0.1) is 6.92 Å². The number of nitrogens with zero attached hydrogens (tertiary/aromatic N) is 2. The summed E-state index contributed by atoms with van der Waals surface area (Å²) in [7, 11) is -2.63. The molecule has 214 valence electrons. The molecular formula is C30H36ClN3O5S. The topological polar surface area (TPSA) is 96.0 Å². The molecule has 2 amide bonds. The van der Waals surface area contributed by atoms with E-state index in [1.54, 1.807) is 60.7 Å². The third-order valence-corrected chi connectivity index (χ3v) is 8.37. The lowest BCUT2D eigenvalue weighted by atomic mass is 10.1. The number of sulfonamides is 1. The minimum Gasteiger partial charge on any atom is -0.497 e. The maximum atomic E-state index is 14.0. The van der Waals surface area contributed by atoms with Gasteiger partial charge in [0.05, 0.1) is 17.7 Å². The molecule has 0 aliphatic carbocycles. The largest absolute Gasteiger partial charge is 0.497 e. The molecule has 10 heteroatoms. The minimum atomic E-state index is -4.14. The zero-order chi connectivity index (χ0) is 29.4. The number of nitrogens with one attached hydrogen (secondary N) is 1. The van der Waals surface area contributed by atoms with Gasteiger partial charge in [0.2, 0.25) is 11.8 Å². The van der Waals surface area contributed by atoms with Crippen molar-refractivity contribution >= 4 is 39.1 Å². The number of anilines is 1. The Balaban J connectivity index is 2.06. The molecule has 3 rings (SSSR count). The van der Waals surface area contributed by atoms with Gasteiger partial charge in [-0.25, -0.2) is 8.42 Å². The Kier molecular flexibility index (Phi) is 10.6. The van der Waals surface area contributed by atoms with Gasteiger partial charge in [-0.05, 0) is 81.3 Å². The van der Waals surface area contributed by atoms with Gasteiger partial charge < -0.3 is 15.0 Å². The monoisotopic (exact) mass is 585 g/mol. The van der Waals surface area contributed by atoms with Gasteiger partial charge in [0.1, 0.15) is 18.3 Å². The predicted octanol–water partition coefficient (Wildman–Crippen LogP) is 5.18. The first-order valence-corrected chi connectivity index (χ1v) is 14.9. The summed E-state index contributed by atoms with van der Waals surface area (Å²) in [4.78, 5) is 28.7. The molecule has 3 aromatic carbocycles. The van der Waals surface area contributed by atoms with Crippen molar-refractivity contribution in [2.75, 3.05) is 18.0 Å². The lowest BCUT2D eigenvalue weighted by molar-refractivity contribution is -0.140. The van der Waals surface area contributed by atoms with Crippen molar-refractivity contribution in [3.63, 3.8) is 0 Å². The van der Waals surface area contributed by atoms with Crippen LogP contribution >= 0.6 is 11.6 Å². The van der Waals surface area contributed by atoms with E-state index >= 15 is 0 Å². The average Bonchev–Trinajstić information content (AvgIpc) is 2.92. The van der Waals surface area contributed by atoms with Crippen LogP contribution in [0.3, 0.4) is 0 Å². The highest BCUT2D eigenvalue weighted by molar-refractivity contribution is 7.92. The number of carbonyl (C=O) groups is 2. The molecule has 8 nitrogen and oxygen atoms in total. The van der Waals surface area contributed by atoms with E-state index in [2.05, 4.69) is 5.32 Å². The standard InChI is InChI=1S/C30H36ClN3O5S/c1-6-28(30(36)32-21(2)3)33(19-23-9-11-24(31)12-10-23)29(35)20-34(25-13-15-26(39-5)16-14-25)40(37,38)27-17-7-22(4)8-18-27/h7-18,21,28H,6,19-20H2,1-5H3,(H,32,36)/t28-/m0/s1. The van der Waals surface area contributed by atoms with Gasteiger partial charge in [0.25, 0.3) is 10.0 Å². The lowest BCUT2D eigenvalue weighted by Gasteiger charge is -2.33. The predicted molar refractivity (Wildman–Crippen MR) is 158 cm³/mol. The number of carbonyl (C=O) groups excluding carboxylic acids is 2. The number of benzene rings is 3. The van der Waals surface area contributed by atoms with Gasteiger partial charge >= 0.3 is 0 Å². The first-order chi connectivity index (χ1) is 19.0. The Morgan fingerprint density at radius 1 is 0.950 bits per heavy atom. The zero-order valence-electron chi connectivity index (χ0n) is 23.4. The highest BCUT2D eigenvalue weighted by Gasteiger charge is 2.33. The SMILES string of the molecule is CC[C@@H](C(=O)NC(C)C)N(Cc1ccc(Cl)cc1)C(=O)CN(c1ccc(OC)cc1)S(=O)(=O)c1ccc(C)cc1. The fraction of sp³-hybridized carbons (Fsp3) is 0.333. The van der Waals surface area contributed by atoms with E-state index in [1.807, 2.05) is 27.7 Å². The fourth-order valence-corrected chi connectivity index (χ4v) is 5.74. The Morgan fingerprint density at radius 3 is 2.08 bits per heavy atom. The van der Waals surface area contributed by atoms with Gasteiger partial charge in [-0.3, -0.25) is 13.9 Å². The lowest BCUT2D eigenvalue weighted by Crippen LogP contribution is -2.53. The molecule has 0 heterocycles. The van der Waals surface area contributed by atoms with E-state index in [0.717, 1.165) is 15.4 Å². The molecule has 0 unspecified atom stereocenters. The van der Waals surface area contributed by atoms with Crippen molar-refractivity contribution < 1.29 is 22.7 Å². The smallest absolute Gasteiger partial charge is 0.264 e. The molecule has 0 bridgehead atoms. The second kappa shape index (κ2) is 13.7. The number of amides is 2. The summed E-state index contributed by atoms with van der Waals surface area (Å²) in [5.41, 5.74) is 1.95. The van der Waals surface area contributed by atoms with E-state index < -0.39 is 28.5 Å². The van der Waals surface area contributed by atoms with Crippen molar-refractivity contribution in [2.24, 2.45) is 0 Å². The van der Waals surface area contributed by atoms with Crippen LogP contribution in [0.5, 0.6) is 5.75 Å². The number of ether oxygens (including phenoxy) is 1. The molecule has 1 atom stereocenters. The zero-order valence-corrected chi connectivity index (χ0v) is 25.0. The quantitative estimate of drug-likeness (QED) is 0.316. The maximum absolute atomic E-state index is 14.0. The van der Waals surface area contributed by atoms with E-state index in [-0.39, 0.29) is 23.4 Å². The van der Waals surface area contributed by atoms with Crippen molar-refractivity contribution in [3.8, 4) is 5.75 Å². The van der Waals surface area contributed by atoms with Crippen molar-refractivity contribution in [2.45, 2.75) is 57.6 Å². The molecule has 0 aromatic heterocycles. The molecule has 1 N–H and O–H groups in total. The molecule has 0 spiro atoms. The molecule has 0 fully saturated rings. The molecule has 40 heavy (non-hydrogen) atoms. The van der Waals surface area contributed by atoms with Gasteiger partial charge in [-0.15, -0.1) is 0 Å². The van der Waals surface area contributed by atoms with Crippen molar-refractivity contribution in [1.82, 2.24) is 10.2 Å². The summed E-state index contributed by atoms with van der Waals surface area (Å²) >= 11 is 6.06. The Hall–Kier alpha value is -3.56. The number of aryl methyl sites for hydroxylation is 1. The minimum absolute atomic E-state index is 0.0514. The summed E-state index contributed by atoms with van der Waals surface area (Å²) < 4.78 is 34.1. The van der Waals surface area contributed by atoms with Gasteiger partial charge in [-0.2, -0.15) is 0 Å². The number of methoxy groups -OCH3 is 1. The molecule has 0 saturated carbocycles. The van der Waals surface area contributed by atoms with Crippen molar-refractivity contribution in [3.05, 3.63) is 88.9 Å². The Labute approximate surface area is 241 Å². The normalized spacial score (nSPS) is 12.1. The van der Waals surface area contributed by atoms with E-state index in [9.17, 15) is 18.0 Å². The van der Waals surface area contributed by atoms with Gasteiger partial charge in [0.15, 0.2) is 0 Å². The fourth-order valence-electron chi connectivity index (χ4n) is 4.20. The summed E-state index contributed by atoms with van der Waals surface area (Å²) in [5, 5.41) is 3.43. The summed E-state index contributed by atoms with van der Waals surface area (Å²) in [6.45, 7) is 6.95. The maximum Gasteiger partial charge on any atom is 0.264 e. The summed E-state index contributed by atoms with van der Waals surface area (Å²) in [6, 6.07) is 18.9. The van der Waals surface area contributed by atoms with Crippen LogP contribution in [0.1, 0.15) is 38.3 Å². The first-order valence-electron chi connectivity index (χ1n) is 13.0. The van der Waals surface area contributed by atoms with Crippen LogP contribution in [0.4, 0.5) is 5.69 Å². The van der Waals surface area contributed by atoms with Crippen LogP contribution in [-0.2, 0) is 26.2 Å². The second-order valence-corrected chi connectivity index (χ2v) is 12.1. The van der Waals surface area contributed by atoms with E-state index in [0.29, 0.717) is 22.9 Å². The van der Waals surface area contributed by atoms with Crippen LogP contribution in [0.15, 0.2) is 77.7 Å². The van der Waals surface area contributed by atoms with Crippen LogP contribution in [0.2, 0.25) is 5.02 Å². The number of halogens is 1. The number of hydrogen-bond donors (Lipinski definition) is 1. The Morgan fingerprint density at radius 2 is 1.55 bits per heavy atom. The number of hydrogen-bond acceptors (Lipinski definition) is 5. The molecule has 0 aliphatic heterocycles. The summed E-state index contributed by atoms with van der Waals surface area (Å²) in [5.74, 6) is -0.284. The average molecular weight is 586 g/mol. The third kappa shape index (κ3) is 7.76. The summed E-state index contributed by atoms with van der Waals surface area (Å²) in [6.07, 6.45) is 0.338. The van der Waals surface area contributed by atoms with Crippen LogP contribution < -0.4 is 14.4 Å². The Bertz CT molecular complexity index is 1390. The number of rotatable bonds is 12. The van der Waals surface area contributed by atoms with Crippen LogP contribution in [-0.4, -0.2) is 50.9 Å². The highest BCUT2D eigenvalue weighted by Crippen LogP contribution is 2.27. The van der Waals surface area contributed by atoms with E-state index in [4.69, 9.17) is 16.3 Å². The molecular weight excluding hydrogens is 550 g/mol. The second-order valence-electron chi connectivity index (χ2n) is 9.76. The van der Waals surface area contributed by atoms with Crippen molar-refractivity contribution in [1.29, 1.82) is 0 Å². The van der Waals surface area contributed by atoms with Gasteiger partial charge in [-0.1, -0.05) is 48.4 Å². The first kappa shape index (κ1) is 31.0. The van der Waals surface area contributed by atoms with E-state index in [1.165, 1.54) is 24.1 Å². The molecule has 0 saturated heterocycles. The molecule has 0 aliphatic rings. The molecule has 0 radical (unpaired) electrons.